The lowest BCUT2D eigenvalue weighted by atomic mass is 9.92. The number of rotatable bonds is 6. The van der Waals surface area contributed by atoms with Crippen LogP contribution >= 0.6 is 0 Å². The van der Waals surface area contributed by atoms with Crippen LogP contribution in [-0.2, 0) is 27.9 Å². The molecule has 0 unspecified atom stereocenters. The normalized spacial score (nSPS) is 12.0. The largest absolute Gasteiger partial charge is 0.507 e. The van der Waals surface area contributed by atoms with E-state index in [2.05, 4.69) is 9.84 Å². The summed E-state index contributed by atoms with van der Waals surface area (Å²) >= 11 is 0. The van der Waals surface area contributed by atoms with Gasteiger partial charge in [-0.05, 0) is 19.1 Å². The van der Waals surface area contributed by atoms with E-state index in [4.69, 9.17) is 5.11 Å². The first-order chi connectivity index (χ1) is 11.8. The molecular formula is C16H19N3O6. The molecule has 2 aromatic rings. The highest BCUT2D eigenvalue weighted by Crippen LogP contribution is 2.32. The quantitative estimate of drug-likeness (QED) is 0.722. The monoisotopic (exact) mass is 349 g/mol. The molecule has 0 spiro atoms. The predicted octanol–water partition coefficient (Wildman–Crippen LogP) is 0.375. The topological polar surface area (TPSA) is 124 Å². The van der Waals surface area contributed by atoms with Gasteiger partial charge in [0.15, 0.2) is 0 Å². The third-order valence-corrected chi connectivity index (χ3v) is 3.98. The average molecular weight is 349 g/mol. The van der Waals surface area contributed by atoms with E-state index in [1.807, 2.05) is 0 Å². The van der Waals surface area contributed by atoms with Crippen molar-refractivity contribution in [2.24, 2.45) is 7.05 Å². The van der Waals surface area contributed by atoms with Crippen molar-refractivity contribution in [2.75, 3.05) is 7.11 Å². The van der Waals surface area contributed by atoms with E-state index >= 15 is 0 Å². The molecule has 2 heterocycles. The third kappa shape index (κ3) is 3.70. The van der Waals surface area contributed by atoms with Crippen LogP contribution in [-0.4, -0.2) is 43.6 Å². The number of hydrogen-bond acceptors (Lipinski definition) is 6. The van der Waals surface area contributed by atoms with Crippen molar-refractivity contribution in [3.8, 4) is 5.75 Å². The van der Waals surface area contributed by atoms with Gasteiger partial charge in [-0.3, -0.25) is 19.1 Å². The first-order valence-corrected chi connectivity index (χ1v) is 7.46. The summed E-state index contributed by atoms with van der Waals surface area (Å²) in [5.74, 6) is -2.89. The van der Waals surface area contributed by atoms with Crippen molar-refractivity contribution < 1.29 is 24.5 Å². The summed E-state index contributed by atoms with van der Waals surface area (Å²) in [5, 5.41) is 23.4. The van der Waals surface area contributed by atoms with Crippen LogP contribution in [0.5, 0.6) is 5.75 Å². The average Bonchev–Trinajstić information content (AvgIpc) is 2.95. The Morgan fingerprint density at radius 2 is 2.08 bits per heavy atom. The molecule has 0 saturated heterocycles. The lowest BCUT2D eigenvalue weighted by Gasteiger charge is -2.19. The van der Waals surface area contributed by atoms with Crippen LogP contribution in [0.25, 0.3) is 0 Å². The summed E-state index contributed by atoms with van der Waals surface area (Å²) in [4.78, 5) is 35.7. The zero-order valence-corrected chi connectivity index (χ0v) is 14.1. The number of ether oxygens (including phenoxy) is 1. The molecule has 0 aliphatic carbocycles. The molecule has 0 aromatic carbocycles. The maximum absolute atomic E-state index is 12.8. The van der Waals surface area contributed by atoms with Crippen molar-refractivity contribution in [1.82, 2.24) is 14.3 Å². The molecule has 2 aromatic heterocycles. The minimum atomic E-state index is -1.19. The second kappa shape index (κ2) is 7.20. The van der Waals surface area contributed by atoms with Gasteiger partial charge < -0.3 is 19.5 Å². The van der Waals surface area contributed by atoms with Crippen LogP contribution in [0.1, 0.15) is 29.3 Å². The maximum Gasteiger partial charge on any atom is 0.323 e. The molecule has 0 bridgehead atoms. The Morgan fingerprint density at radius 3 is 2.60 bits per heavy atom. The van der Waals surface area contributed by atoms with Gasteiger partial charge in [-0.1, -0.05) is 0 Å². The van der Waals surface area contributed by atoms with Crippen molar-refractivity contribution in [3.05, 3.63) is 45.6 Å². The van der Waals surface area contributed by atoms with Gasteiger partial charge in [0.2, 0.25) is 0 Å². The molecule has 0 saturated carbocycles. The number of carbonyl (C=O) groups is 2. The summed E-state index contributed by atoms with van der Waals surface area (Å²) in [6.07, 6.45) is 1.30. The molecule has 9 heteroatoms. The van der Waals surface area contributed by atoms with E-state index in [-0.39, 0.29) is 17.7 Å². The first kappa shape index (κ1) is 18.2. The Hall–Kier alpha value is -3.10. The summed E-state index contributed by atoms with van der Waals surface area (Å²) < 4.78 is 7.20. The molecule has 1 atom stereocenters. The minimum absolute atomic E-state index is 0.0687. The molecule has 9 nitrogen and oxygen atoms in total. The van der Waals surface area contributed by atoms with Gasteiger partial charge >= 0.3 is 11.9 Å². The fourth-order valence-corrected chi connectivity index (χ4v) is 2.76. The number of hydrogen-bond donors (Lipinski definition) is 2. The van der Waals surface area contributed by atoms with E-state index in [0.29, 0.717) is 11.4 Å². The number of nitrogens with zero attached hydrogens (tertiary/aromatic N) is 3. The number of carboxylic acids is 1. The molecule has 0 aliphatic rings. The van der Waals surface area contributed by atoms with E-state index in [1.165, 1.54) is 31.0 Å². The van der Waals surface area contributed by atoms with Crippen LogP contribution in [0.3, 0.4) is 0 Å². The number of aromatic hydroxyl groups is 1. The highest BCUT2D eigenvalue weighted by atomic mass is 16.5. The molecule has 0 fully saturated rings. The Morgan fingerprint density at radius 1 is 1.40 bits per heavy atom. The Kier molecular flexibility index (Phi) is 5.26. The Labute approximate surface area is 143 Å². The number of carbonyl (C=O) groups excluding carboxylic acids is 1. The van der Waals surface area contributed by atoms with Gasteiger partial charge in [-0.2, -0.15) is 5.10 Å². The summed E-state index contributed by atoms with van der Waals surface area (Å²) in [5.41, 5.74) is 0.0786. The molecule has 25 heavy (non-hydrogen) atoms. The molecule has 0 amide bonds. The van der Waals surface area contributed by atoms with Crippen LogP contribution in [0.4, 0.5) is 0 Å². The van der Waals surface area contributed by atoms with Crippen molar-refractivity contribution in [2.45, 2.75) is 25.8 Å². The minimum Gasteiger partial charge on any atom is -0.507 e. The van der Waals surface area contributed by atoms with Gasteiger partial charge in [0, 0.05) is 30.6 Å². The van der Waals surface area contributed by atoms with Crippen molar-refractivity contribution in [1.29, 1.82) is 0 Å². The molecule has 134 valence electrons. The Bertz CT molecular complexity index is 867. The van der Waals surface area contributed by atoms with Gasteiger partial charge in [-0.25, -0.2) is 0 Å². The number of aryl methyl sites for hydroxylation is 2. The fraction of sp³-hybridized carbons (Fsp3) is 0.375. The zero-order chi connectivity index (χ0) is 18.7. The summed E-state index contributed by atoms with van der Waals surface area (Å²) in [7, 11) is 2.86. The van der Waals surface area contributed by atoms with Gasteiger partial charge in [0.25, 0.3) is 5.56 Å². The molecule has 2 rings (SSSR count). The van der Waals surface area contributed by atoms with E-state index in [9.17, 15) is 19.5 Å². The highest BCUT2D eigenvalue weighted by Gasteiger charge is 2.28. The lowest BCUT2D eigenvalue weighted by Crippen LogP contribution is -2.31. The molecular weight excluding hydrogens is 330 g/mol. The Balaban J connectivity index is 2.68. The summed E-state index contributed by atoms with van der Waals surface area (Å²) in [6, 6.07) is 2.92. The number of esters is 1. The lowest BCUT2D eigenvalue weighted by molar-refractivity contribution is -0.141. The third-order valence-electron chi connectivity index (χ3n) is 3.98. The second-order valence-corrected chi connectivity index (χ2v) is 5.58. The number of pyridine rings is 1. The van der Waals surface area contributed by atoms with Crippen LogP contribution in [0.15, 0.2) is 23.1 Å². The fourth-order valence-electron chi connectivity index (χ4n) is 2.76. The molecule has 0 aliphatic heterocycles. The zero-order valence-electron chi connectivity index (χ0n) is 14.1. The van der Waals surface area contributed by atoms with Crippen LogP contribution in [0, 0.1) is 6.92 Å². The number of aromatic nitrogens is 3. The standard InChI is InChI=1S/C16H19N3O6/c1-9-6-12(20)15(16(24)19(9)8-13(21)22)10(7-14(23)25-3)11-4-5-17-18(11)2/h4-6,10,20H,7-8H2,1-3H3,(H,21,22)/t10-/m1/s1. The number of aliphatic carboxylic acids is 1. The second-order valence-electron chi connectivity index (χ2n) is 5.58. The van der Waals surface area contributed by atoms with Crippen molar-refractivity contribution >= 4 is 11.9 Å². The summed E-state index contributed by atoms with van der Waals surface area (Å²) in [6.45, 7) is 0.974. The van der Waals surface area contributed by atoms with Crippen LogP contribution in [0.2, 0.25) is 0 Å². The number of carboxylic acid groups (broad SMARTS) is 1. The molecule has 0 radical (unpaired) electrons. The number of methoxy groups -OCH3 is 1. The maximum atomic E-state index is 12.8. The predicted molar refractivity (Wildman–Crippen MR) is 86.4 cm³/mol. The highest BCUT2D eigenvalue weighted by molar-refractivity contribution is 5.71. The first-order valence-electron chi connectivity index (χ1n) is 7.46. The van der Waals surface area contributed by atoms with Gasteiger partial charge in [-0.15, -0.1) is 0 Å². The van der Waals surface area contributed by atoms with E-state index < -0.39 is 30.0 Å². The van der Waals surface area contributed by atoms with Crippen molar-refractivity contribution in [3.63, 3.8) is 0 Å². The van der Waals surface area contributed by atoms with Crippen LogP contribution < -0.4 is 5.56 Å². The van der Waals surface area contributed by atoms with E-state index in [0.717, 1.165) is 4.57 Å². The SMILES string of the molecule is COC(=O)C[C@@H](c1c(O)cc(C)n(CC(=O)O)c1=O)c1ccnn1C. The van der Waals surface area contributed by atoms with E-state index in [1.54, 1.807) is 13.1 Å². The van der Waals surface area contributed by atoms with Gasteiger partial charge in [0.05, 0.1) is 19.1 Å². The molecule has 2 N–H and O–H groups in total. The van der Waals surface area contributed by atoms with Gasteiger partial charge in [0.1, 0.15) is 12.3 Å². The smallest absolute Gasteiger partial charge is 0.323 e.